The number of hydrogen-bond donors (Lipinski definition) is 1. The molecule has 0 aliphatic heterocycles. The fourth-order valence-corrected chi connectivity index (χ4v) is 3.69. The second kappa shape index (κ2) is 6.17. The quantitative estimate of drug-likeness (QED) is 0.842. The fraction of sp³-hybridized carbons (Fsp3) is 0.200. The first-order valence-corrected chi connectivity index (χ1v) is 8.61. The van der Waals surface area contributed by atoms with E-state index in [0.29, 0.717) is 17.8 Å². The van der Waals surface area contributed by atoms with E-state index in [0.717, 1.165) is 10.0 Å². The van der Waals surface area contributed by atoms with Crippen molar-refractivity contribution >= 4 is 31.6 Å². The minimum Gasteiger partial charge on any atom is -0.398 e. The van der Waals surface area contributed by atoms with Crippen LogP contribution in [0.1, 0.15) is 11.1 Å². The van der Waals surface area contributed by atoms with E-state index in [2.05, 4.69) is 15.9 Å². The maximum Gasteiger partial charge on any atom is 0.243 e. The summed E-state index contributed by atoms with van der Waals surface area (Å²) in [5.41, 5.74) is 7.78. The molecule has 2 rings (SSSR count). The molecule has 0 amide bonds. The third-order valence-corrected chi connectivity index (χ3v) is 5.81. The van der Waals surface area contributed by atoms with Crippen LogP contribution in [-0.2, 0) is 16.6 Å². The van der Waals surface area contributed by atoms with E-state index >= 15 is 0 Å². The number of sulfonamides is 1. The lowest BCUT2D eigenvalue weighted by Crippen LogP contribution is -2.27. The largest absolute Gasteiger partial charge is 0.398 e. The molecule has 0 heterocycles. The molecule has 0 radical (unpaired) electrons. The minimum absolute atomic E-state index is 0.252. The van der Waals surface area contributed by atoms with Crippen molar-refractivity contribution in [2.24, 2.45) is 0 Å². The van der Waals surface area contributed by atoms with Crippen molar-refractivity contribution in [1.82, 2.24) is 4.31 Å². The van der Waals surface area contributed by atoms with Crippen LogP contribution in [0.2, 0.25) is 0 Å². The molecule has 0 bridgehead atoms. The van der Waals surface area contributed by atoms with Crippen LogP contribution in [0.4, 0.5) is 5.69 Å². The summed E-state index contributed by atoms with van der Waals surface area (Å²) in [5.74, 6) is 0. The van der Waals surface area contributed by atoms with Gasteiger partial charge in [-0.3, -0.25) is 0 Å². The first-order chi connectivity index (χ1) is 9.82. The van der Waals surface area contributed by atoms with Crippen LogP contribution in [0.15, 0.2) is 51.8 Å². The van der Waals surface area contributed by atoms with Crippen molar-refractivity contribution in [2.75, 3.05) is 12.8 Å². The maximum absolute atomic E-state index is 12.6. The van der Waals surface area contributed by atoms with Crippen molar-refractivity contribution in [3.8, 4) is 0 Å². The molecule has 4 nitrogen and oxygen atoms in total. The lowest BCUT2D eigenvalue weighted by Gasteiger charge is -2.19. The third kappa shape index (κ3) is 3.45. The first kappa shape index (κ1) is 16.0. The highest BCUT2D eigenvalue weighted by atomic mass is 79.9. The zero-order chi connectivity index (χ0) is 15.6. The van der Waals surface area contributed by atoms with Crippen LogP contribution in [0.3, 0.4) is 0 Å². The Bertz CT molecular complexity index is 743. The molecule has 6 heteroatoms. The van der Waals surface area contributed by atoms with Crippen LogP contribution in [-0.4, -0.2) is 19.8 Å². The Morgan fingerprint density at radius 3 is 2.38 bits per heavy atom. The van der Waals surface area contributed by atoms with Crippen molar-refractivity contribution in [2.45, 2.75) is 18.4 Å². The van der Waals surface area contributed by atoms with Crippen molar-refractivity contribution in [1.29, 1.82) is 0 Å². The van der Waals surface area contributed by atoms with E-state index in [4.69, 9.17) is 5.73 Å². The Kier molecular flexibility index (Phi) is 4.70. The molecule has 112 valence electrons. The molecule has 21 heavy (non-hydrogen) atoms. The number of benzene rings is 2. The lowest BCUT2D eigenvalue weighted by atomic mass is 10.2. The summed E-state index contributed by atoms with van der Waals surface area (Å²) >= 11 is 3.36. The van der Waals surface area contributed by atoms with Gasteiger partial charge in [-0.05, 0) is 42.3 Å². The van der Waals surface area contributed by atoms with E-state index < -0.39 is 10.0 Å². The summed E-state index contributed by atoms with van der Waals surface area (Å²) in [5, 5.41) is 0. The Balaban J connectivity index is 2.30. The second-order valence-corrected chi connectivity index (χ2v) is 7.79. The van der Waals surface area contributed by atoms with Crippen molar-refractivity contribution < 1.29 is 8.42 Å². The number of halogens is 1. The minimum atomic E-state index is -3.56. The van der Waals surface area contributed by atoms with Gasteiger partial charge in [0.2, 0.25) is 10.0 Å². The Morgan fingerprint density at radius 1 is 1.14 bits per heavy atom. The van der Waals surface area contributed by atoms with Crippen LogP contribution >= 0.6 is 15.9 Å². The molecule has 0 saturated heterocycles. The molecule has 0 aromatic heterocycles. The Hall–Kier alpha value is -1.37. The fourth-order valence-electron chi connectivity index (χ4n) is 2.01. The normalized spacial score (nSPS) is 11.8. The smallest absolute Gasteiger partial charge is 0.243 e. The molecule has 0 unspecified atom stereocenters. The van der Waals surface area contributed by atoms with E-state index in [1.54, 1.807) is 32.2 Å². The van der Waals surface area contributed by atoms with Gasteiger partial charge >= 0.3 is 0 Å². The molecule has 2 aromatic carbocycles. The lowest BCUT2D eigenvalue weighted by molar-refractivity contribution is 0.466. The van der Waals surface area contributed by atoms with Gasteiger partial charge in [-0.15, -0.1) is 0 Å². The average Bonchev–Trinajstić information content (AvgIpc) is 2.44. The van der Waals surface area contributed by atoms with Crippen LogP contribution in [0, 0.1) is 6.92 Å². The number of anilines is 1. The van der Waals surface area contributed by atoms with Gasteiger partial charge in [0.15, 0.2) is 0 Å². The molecule has 2 N–H and O–H groups in total. The number of nitrogens with two attached hydrogens (primary N) is 1. The molecule has 2 aromatic rings. The molecule has 0 aliphatic carbocycles. The van der Waals surface area contributed by atoms with Crippen molar-refractivity contribution in [3.63, 3.8) is 0 Å². The number of nitrogens with zero attached hydrogens (tertiary/aromatic N) is 1. The van der Waals surface area contributed by atoms with Gasteiger partial charge in [-0.25, -0.2) is 8.42 Å². The molecular weight excluding hydrogens is 352 g/mol. The van der Waals surface area contributed by atoms with Crippen LogP contribution in [0.25, 0.3) is 0 Å². The second-order valence-electron chi connectivity index (χ2n) is 4.86. The van der Waals surface area contributed by atoms with Crippen molar-refractivity contribution in [3.05, 3.63) is 58.1 Å². The van der Waals surface area contributed by atoms with Gasteiger partial charge in [0.05, 0.1) is 4.90 Å². The van der Waals surface area contributed by atoms with E-state index in [1.165, 1.54) is 4.31 Å². The third-order valence-electron chi connectivity index (χ3n) is 3.33. The maximum atomic E-state index is 12.6. The molecular formula is C15H17BrN2O2S. The van der Waals surface area contributed by atoms with E-state index in [-0.39, 0.29) is 4.90 Å². The first-order valence-electron chi connectivity index (χ1n) is 6.38. The van der Waals surface area contributed by atoms with Crippen LogP contribution < -0.4 is 5.73 Å². The topological polar surface area (TPSA) is 63.4 Å². The molecule has 0 fully saturated rings. The molecule has 0 atom stereocenters. The summed E-state index contributed by atoms with van der Waals surface area (Å²) in [6.45, 7) is 2.03. The highest BCUT2D eigenvalue weighted by molar-refractivity contribution is 9.10. The predicted molar refractivity (Wildman–Crippen MR) is 88.4 cm³/mol. The molecule has 0 aliphatic rings. The van der Waals surface area contributed by atoms with E-state index in [9.17, 15) is 8.42 Å². The highest BCUT2D eigenvalue weighted by Crippen LogP contribution is 2.24. The monoisotopic (exact) mass is 368 g/mol. The average molecular weight is 369 g/mol. The number of rotatable bonds is 4. The molecule has 0 spiro atoms. The predicted octanol–water partition coefficient (Wildman–Crippen LogP) is 3.16. The van der Waals surface area contributed by atoms with Gasteiger partial charge in [0.25, 0.3) is 0 Å². The van der Waals surface area contributed by atoms with Gasteiger partial charge < -0.3 is 5.73 Å². The Labute approximate surface area is 133 Å². The summed E-state index contributed by atoms with van der Waals surface area (Å²) in [7, 11) is -1.99. The standard InChI is InChI=1S/C15H17BrN2O2S/c1-11-14(17)4-3-5-15(11)21(19,20)18(2)10-12-6-8-13(16)9-7-12/h3-9H,10,17H2,1-2H3. The summed E-state index contributed by atoms with van der Waals surface area (Å²) in [6.07, 6.45) is 0. The summed E-state index contributed by atoms with van der Waals surface area (Å²) < 4.78 is 27.6. The summed E-state index contributed by atoms with van der Waals surface area (Å²) in [6, 6.07) is 12.5. The highest BCUT2D eigenvalue weighted by Gasteiger charge is 2.23. The Morgan fingerprint density at radius 2 is 1.76 bits per heavy atom. The van der Waals surface area contributed by atoms with Gasteiger partial charge in [0.1, 0.15) is 0 Å². The number of nitrogen functional groups attached to an aromatic ring is 1. The van der Waals surface area contributed by atoms with E-state index in [1.807, 2.05) is 24.3 Å². The summed E-state index contributed by atoms with van der Waals surface area (Å²) in [4.78, 5) is 0.252. The number of hydrogen-bond acceptors (Lipinski definition) is 3. The van der Waals surface area contributed by atoms with Crippen LogP contribution in [0.5, 0.6) is 0 Å². The van der Waals surface area contributed by atoms with Gasteiger partial charge in [-0.2, -0.15) is 4.31 Å². The van der Waals surface area contributed by atoms with Gasteiger partial charge in [-0.1, -0.05) is 34.1 Å². The zero-order valence-corrected chi connectivity index (χ0v) is 14.3. The zero-order valence-electron chi connectivity index (χ0n) is 11.9. The SMILES string of the molecule is Cc1c(N)cccc1S(=O)(=O)N(C)Cc1ccc(Br)cc1. The van der Waals surface area contributed by atoms with Gasteiger partial charge in [0, 0.05) is 23.8 Å². The molecule has 0 saturated carbocycles.